The summed E-state index contributed by atoms with van der Waals surface area (Å²) < 4.78 is 1.30. The van der Waals surface area contributed by atoms with Crippen molar-refractivity contribution in [3.8, 4) is 10.7 Å². The molecule has 0 radical (unpaired) electrons. The van der Waals surface area contributed by atoms with Gasteiger partial charge in [-0.05, 0) is 11.4 Å². The first-order valence-electron chi connectivity index (χ1n) is 3.91. The second-order valence-corrected chi connectivity index (χ2v) is 3.58. The first-order chi connectivity index (χ1) is 6.75. The quantitative estimate of drug-likeness (QED) is 0.821. The highest BCUT2D eigenvalue weighted by Crippen LogP contribution is 2.19. The fourth-order valence-corrected chi connectivity index (χ4v) is 1.69. The lowest BCUT2D eigenvalue weighted by Gasteiger charge is -1.91. The Morgan fingerprint density at radius 1 is 1.64 bits per heavy atom. The molecule has 14 heavy (non-hydrogen) atoms. The topological polar surface area (TPSA) is 68.0 Å². The molecule has 2 aromatic rings. The Hall–Kier alpha value is -1.69. The third-order valence-electron chi connectivity index (χ3n) is 1.58. The molecule has 0 atom stereocenters. The molecule has 0 bridgehead atoms. The van der Waals surface area contributed by atoms with E-state index in [1.54, 1.807) is 0 Å². The summed E-state index contributed by atoms with van der Waals surface area (Å²) in [7, 11) is 0. The maximum Gasteiger partial charge on any atom is 0.325 e. The van der Waals surface area contributed by atoms with Gasteiger partial charge in [0.1, 0.15) is 12.9 Å². The van der Waals surface area contributed by atoms with Gasteiger partial charge in [0.2, 0.25) is 0 Å². The van der Waals surface area contributed by atoms with Crippen LogP contribution in [0.25, 0.3) is 10.7 Å². The van der Waals surface area contributed by atoms with Gasteiger partial charge in [0.25, 0.3) is 0 Å². The van der Waals surface area contributed by atoms with Crippen LogP contribution in [0.2, 0.25) is 0 Å². The Kier molecular flexibility index (Phi) is 2.28. The van der Waals surface area contributed by atoms with E-state index in [1.807, 2.05) is 17.5 Å². The maximum atomic E-state index is 10.4. The summed E-state index contributed by atoms with van der Waals surface area (Å²) in [4.78, 5) is 15.3. The highest BCUT2D eigenvalue weighted by atomic mass is 32.1. The van der Waals surface area contributed by atoms with Crippen molar-refractivity contribution in [3.05, 3.63) is 23.8 Å². The molecule has 0 aliphatic rings. The van der Waals surface area contributed by atoms with E-state index < -0.39 is 5.97 Å². The van der Waals surface area contributed by atoms with Crippen LogP contribution >= 0.6 is 11.3 Å². The van der Waals surface area contributed by atoms with Gasteiger partial charge in [-0.1, -0.05) is 6.07 Å². The van der Waals surface area contributed by atoms with Gasteiger partial charge in [0.15, 0.2) is 5.82 Å². The Morgan fingerprint density at radius 3 is 3.14 bits per heavy atom. The molecule has 0 aliphatic heterocycles. The van der Waals surface area contributed by atoms with Crippen molar-refractivity contribution in [2.75, 3.05) is 0 Å². The molecule has 0 aliphatic carbocycles. The summed E-state index contributed by atoms with van der Waals surface area (Å²) in [6.45, 7) is -0.154. The van der Waals surface area contributed by atoms with Crippen molar-refractivity contribution in [2.45, 2.75) is 6.54 Å². The smallest absolute Gasteiger partial charge is 0.325 e. The monoisotopic (exact) mass is 209 g/mol. The summed E-state index contributed by atoms with van der Waals surface area (Å²) in [5.41, 5.74) is 0. The van der Waals surface area contributed by atoms with E-state index in [2.05, 4.69) is 10.1 Å². The standard InChI is InChI=1S/C8H7N3O2S/c12-7(13)4-11-5-9-8(10-11)6-2-1-3-14-6/h1-3,5H,4H2,(H,12,13). The van der Waals surface area contributed by atoms with Crippen LogP contribution in [0, 0.1) is 0 Å². The fourth-order valence-electron chi connectivity index (χ4n) is 1.03. The Labute approximate surface area is 83.6 Å². The summed E-state index contributed by atoms with van der Waals surface area (Å²) in [5, 5.41) is 14.5. The number of carboxylic acids is 1. The zero-order valence-electron chi connectivity index (χ0n) is 7.12. The van der Waals surface area contributed by atoms with Crippen LogP contribution in [-0.2, 0) is 11.3 Å². The predicted octanol–water partition coefficient (Wildman–Crippen LogP) is 1.09. The number of carbonyl (C=O) groups is 1. The third kappa shape index (κ3) is 1.80. The highest BCUT2D eigenvalue weighted by molar-refractivity contribution is 7.13. The molecule has 2 rings (SSSR count). The van der Waals surface area contributed by atoms with Gasteiger partial charge in [0, 0.05) is 0 Å². The van der Waals surface area contributed by atoms with Crippen LogP contribution in [0.5, 0.6) is 0 Å². The Balaban J connectivity index is 2.22. The summed E-state index contributed by atoms with van der Waals surface area (Å²) in [6, 6.07) is 3.79. The molecule has 72 valence electrons. The zero-order valence-corrected chi connectivity index (χ0v) is 7.94. The van der Waals surface area contributed by atoms with Crippen molar-refractivity contribution < 1.29 is 9.90 Å². The van der Waals surface area contributed by atoms with Gasteiger partial charge < -0.3 is 5.11 Å². The number of aliphatic carboxylic acids is 1. The van der Waals surface area contributed by atoms with E-state index in [1.165, 1.54) is 22.3 Å². The molecule has 5 nitrogen and oxygen atoms in total. The van der Waals surface area contributed by atoms with Crippen LogP contribution in [0.3, 0.4) is 0 Å². The second-order valence-electron chi connectivity index (χ2n) is 2.64. The molecule has 2 aromatic heterocycles. The van der Waals surface area contributed by atoms with Crippen LogP contribution in [0.15, 0.2) is 23.8 Å². The van der Waals surface area contributed by atoms with E-state index in [4.69, 9.17) is 5.11 Å². The van der Waals surface area contributed by atoms with Crippen LogP contribution in [0.1, 0.15) is 0 Å². The number of nitrogens with zero attached hydrogens (tertiary/aromatic N) is 3. The van der Waals surface area contributed by atoms with Gasteiger partial charge in [-0.25, -0.2) is 9.67 Å². The molecular weight excluding hydrogens is 202 g/mol. The molecule has 2 heterocycles. The Morgan fingerprint density at radius 2 is 2.50 bits per heavy atom. The lowest BCUT2D eigenvalue weighted by atomic mass is 10.4. The molecule has 0 saturated carbocycles. The van der Waals surface area contributed by atoms with Crippen molar-refractivity contribution >= 4 is 17.3 Å². The largest absolute Gasteiger partial charge is 0.480 e. The predicted molar refractivity (Wildman–Crippen MR) is 51.0 cm³/mol. The average molecular weight is 209 g/mol. The summed E-state index contributed by atoms with van der Waals surface area (Å²) in [6.07, 6.45) is 1.42. The molecule has 6 heteroatoms. The zero-order chi connectivity index (χ0) is 9.97. The number of hydrogen-bond donors (Lipinski definition) is 1. The second kappa shape index (κ2) is 3.59. The van der Waals surface area contributed by atoms with Crippen LogP contribution in [-0.4, -0.2) is 25.8 Å². The first-order valence-corrected chi connectivity index (χ1v) is 4.79. The van der Waals surface area contributed by atoms with E-state index in [-0.39, 0.29) is 6.54 Å². The molecule has 0 unspecified atom stereocenters. The van der Waals surface area contributed by atoms with Gasteiger partial charge in [-0.2, -0.15) is 0 Å². The summed E-state index contributed by atoms with van der Waals surface area (Å²) >= 11 is 1.52. The first kappa shape index (κ1) is 8.89. The third-order valence-corrected chi connectivity index (χ3v) is 2.44. The van der Waals surface area contributed by atoms with Crippen molar-refractivity contribution in [2.24, 2.45) is 0 Å². The van der Waals surface area contributed by atoms with Gasteiger partial charge in [0.05, 0.1) is 4.88 Å². The van der Waals surface area contributed by atoms with E-state index in [9.17, 15) is 4.79 Å². The minimum absolute atomic E-state index is 0.154. The van der Waals surface area contributed by atoms with Crippen molar-refractivity contribution in [1.29, 1.82) is 0 Å². The molecular formula is C8H7N3O2S. The van der Waals surface area contributed by atoms with Crippen molar-refractivity contribution in [1.82, 2.24) is 14.8 Å². The molecule has 0 spiro atoms. The van der Waals surface area contributed by atoms with E-state index in [0.717, 1.165) is 4.88 Å². The number of thiophene rings is 1. The Bertz CT molecular complexity index is 435. The summed E-state index contributed by atoms with van der Waals surface area (Å²) in [5.74, 6) is -0.353. The molecule has 0 fully saturated rings. The number of rotatable bonds is 3. The highest BCUT2D eigenvalue weighted by Gasteiger charge is 2.06. The lowest BCUT2D eigenvalue weighted by molar-refractivity contribution is -0.137. The minimum atomic E-state index is -0.923. The molecule has 0 aromatic carbocycles. The van der Waals surface area contributed by atoms with Crippen molar-refractivity contribution in [3.63, 3.8) is 0 Å². The van der Waals surface area contributed by atoms with E-state index in [0.29, 0.717) is 5.82 Å². The van der Waals surface area contributed by atoms with E-state index >= 15 is 0 Å². The van der Waals surface area contributed by atoms with Gasteiger partial charge in [-0.15, -0.1) is 16.4 Å². The fraction of sp³-hybridized carbons (Fsp3) is 0.125. The maximum absolute atomic E-state index is 10.4. The van der Waals surface area contributed by atoms with Crippen LogP contribution < -0.4 is 0 Å². The average Bonchev–Trinajstić information content (AvgIpc) is 2.69. The van der Waals surface area contributed by atoms with Gasteiger partial charge in [-0.3, -0.25) is 4.79 Å². The molecule has 0 amide bonds. The minimum Gasteiger partial charge on any atom is -0.480 e. The SMILES string of the molecule is O=C(O)Cn1cnc(-c2cccs2)n1. The van der Waals surface area contributed by atoms with Gasteiger partial charge >= 0.3 is 5.97 Å². The molecule has 1 N–H and O–H groups in total. The number of hydrogen-bond acceptors (Lipinski definition) is 4. The van der Waals surface area contributed by atoms with Crippen LogP contribution in [0.4, 0.5) is 0 Å². The lowest BCUT2D eigenvalue weighted by Crippen LogP contribution is -2.08. The number of carboxylic acid groups (broad SMARTS) is 1. The molecule has 0 saturated heterocycles. The number of aromatic nitrogens is 3. The normalized spacial score (nSPS) is 10.3.